The van der Waals surface area contributed by atoms with Crippen molar-refractivity contribution in [1.82, 2.24) is 9.71 Å². The Kier molecular flexibility index (Phi) is 6.18. The molecule has 1 fully saturated rings. The van der Waals surface area contributed by atoms with Crippen molar-refractivity contribution in [3.63, 3.8) is 0 Å². The van der Waals surface area contributed by atoms with E-state index in [2.05, 4.69) is 21.5 Å². The van der Waals surface area contributed by atoms with Gasteiger partial charge < -0.3 is 4.74 Å². The highest BCUT2D eigenvalue weighted by atomic mass is 32.2. The maximum atomic E-state index is 11.8. The van der Waals surface area contributed by atoms with Gasteiger partial charge in [0.25, 0.3) is 0 Å². The molecule has 0 unspecified atom stereocenters. The van der Waals surface area contributed by atoms with Crippen molar-refractivity contribution in [3.8, 4) is 11.8 Å². The first-order valence-corrected chi connectivity index (χ1v) is 8.79. The number of aromatic nitrogens is 1. The van der Waals surface area contributed by atoms with Crippen LogP contribution in [0.15, 0.2) is 24.5 Å². The van der Waals surface area contributed by atoms with Crippen molar-refractivity contribution >= 4 is 10.0 Å². The van der Waals surface area contributed by atoms with Gasteiger partial charge in [-0.3, -0.25) is 4.98 Å². The zero-order chi connectivity index (χ0) is 15.0. The van der Waals surface area contributed by atoms with Crippen LogP contribution in [0.25, 0.3) is 0 Å². The largest absolute Gasteiger partial charge is 0.378 e. The molecule has 0 amide bonds. The first-order valence-electron chi connectivity index (χ1n) is 7.13. The number of pyridine rings is 1. The quantitative estimate of drug-likeness (QED) is 0.833. The van der Waals surface area contributed by atoms with Crippen LogP contribution in [0.3, 0.4) is 0 Å². The second-order valence-corrected chi connectivity index (χ2v) is 6.89. The summed E-state index contributed by atoms with van der Waals surface area (Å²) in [5, 5.41) is 0. The van der Waals surface area contributed by atoms with Gasteiger partial charge in [-0.2, -0.15) is 0 Å². The van der Waals surface area contributed by atoms with E-state index in [1.165, 1.54) is 0 Å². The second kappa shape index (κ2) is 8.13. The topological polar surface area (TPSA) is 68.3 Å². The van der Waals surface area contributed by atoms with E-state index in [1.54, 1.807) is 18.5 Å². The van der Waals surface area contributed by atoms with Gasteiger partial charge in [0.05, 0.1) is 18.4 Å². The summed E-state index contributed by atoms with van der Waals surface area (Å²) in [5.41, 5.74) is 0.771. The Morgan fingerprint density at radius 3 is 3.05 bits per heavy atom. The lowest BCUT2D eigenvalue weighted by molar-refractivity contribution is 0.0147. The van der Waals surface area contributed by atoms with Gasteiger partial charge >= 0.3 is 0 Å². The van der Waals surface area contributed by atoms with Crippen LogP contribution in [-0.2, 0) is 14.8 Å². The van der Waals surface area contributed by atoms with Crippen molar-refractivity contribution in [3.05, 3.63) is 30.1 Å². The molecule has 5 nitrogen and oxygen atoms in total. The van der Waals surface area contributed by atoms with E-state index in [0.717, 1.165) is 31.4 Å². The molecule has 0 aliphatic carbocycles. The normalized spacial score (nSPS) is 18.8. The Morgan fingerprint density at radius 1 is 1.43 bits per heavy atom. The van der Waals surface area contributed by atoms with Crippen LogP contribution in [0.4, 0.5) is 0 Å². The summed E-state index contributed by atoms with van der Waals surface area (Å²) in [5.74, 6) is 5.73. The average molecular weight is 308 g/mol. The van der Waals surface area contributed by atoms with Crippen LogP contribution in [0, 0.1) is 11.8 Å². The van der Waals surface area contributed by atoms with Crippen LogP contribution >= 0.6 is 0 Å². The number of nitrogens with zero attached hydrogens (tertiary/aromatic N) is 1. The molecule has 0 bridgehead atoms. The Balaban J connectivity index is 1.72. The predicted octanol–water partition coefficient (Wildman–Crippen LogP) is 1.31. The molecule has 2 heterocycles. The maximum Gasteiger partial charge on any atom is 0.212 e. The minimum atomic E-state index is -3.28. The van der Waals surface area contributed by atoms with E-state index in [1.807, 2.05) is 6.07 Å². The first kappa shape index (κ1) is 16.0. The fraction of sp³-hybridized carbons (Fsp3) is 0.533. The zero-order valence-corrected chi connectivity index (χ0v) is 12.7. The number of rotatable bonds is 5. The molecule has 1 saturated heterocycles. The number of sulfonamides is 1. The SMILES string of the molecule is O=S(=O)(CC[C@H]1CCCCO1)NCC#Cc1cccnc1. The van der Waals surface area contributed by atoms with Crippen LogP contribution in [0.2, 0.25) is 0 Å². The van der Waals surface area contributed by atoms with Crippen molar-refractivity contribution in [2.45, 2.75) is 31.8 Å². The van der Waals surface area contributed by atoms with Crippen LogP contribution < -0.4 is 4.72 Å². The molecule has 0 aromatic carbocycles. The van der Waals surface area contributed by atoms with Crippen LogP contribution in [0.1, 0.15) is 31.2 Å². The van der Waals surface area contributed by atoms with Crippen LogP contribution in [0.5, 0.6) is 0 Å². The first-order chi connectivity index (χ1) is 10.2. The molecule has 1 aliphatic rings. The molecule has 2 rings (SSSR count). The van der Waals surface area contributed by atoms with Gasteiger partial charge in [0.15, 0.2) is 0 Å². The summed E-state index contributed by atoms with van der Waals surface area (Å²) < 4.78 is 31.7. The molecule has 0 radical (unpaired) electrons. The molecular formula is C15H20N2O3S. The van der Waals surface area contributed by atoms with Crippen molar-refractivity contribution < 1.29 is 13.2 Å². The summed E-state index contributed by atoms with van der Waals surface area (Å²) in [6.45, 7) is 0.859. The minimum Gasteiger partial charge on any atom is -0.378 e. The second-order valence-electron chi connectivity index (χ2n) is 4.96. The fourth-order valence-corrected chi connectivity index (χ4v) is 3.13. The van der Waals surface area contributed by atoms with Gasteiger partial charge in [0.1, 0.15) is 0 Å². The van der Waals surface area contributed by atoms with Gasteiger partial charge in [0, 0.05) is 24.6 Å². The van der Waals surface area contributed by atoms with Crippen LogP contribution in [-0.4, -0.2) is 38.4 Å². The average Bonchev–Trinajstić information content (AvgIpc) is 2.52. The number of nitrogens with one attached hydrogen (secondary N) is 1. The summed E-state index contributed by atoms with van der Waals surface area (Å²) >= 11 is 0. The molecule has 1 aromatic rings. The van der Waals surface area contributed by atoms with Gasteiger partial charge in [-0.1, -0.05) is 11.8 Å². The molecule has 1 atom stereocenters. The van der Waals surface area contributed by atoms with Gasteiger partial charge in [-0.15, -0.1) is 0 Å². The molecule has 114 valence electrons. The lowest BCUT2D eigenvalue weighted by atomic mass is 10.1. The molecular weight excluding hydrogens is 288 g/mol. The molecule has 6 heteroatoms. The Morgan fingerprint density at radius 2 is 2.33 bits per heavy atom. The summed E-state index contributed by atoms with van der Waals surface area (Å²) in [7, 11) is -3.28. The third-order valence-electron chi connectivity index (χ3n) is 3.26. The van der Waals surface area contributed by atoms with E-state index < -0.39 is 10.0 Å². The minimum absolute atomic E-state index is 0.0804. The molecule has 1 N–H and O–H groups in total. The number of hydrogen-bond acceptors (Lipinski definition) is 4. The van der Waals surface area contributed by atoms with Gasteiger partial charge in [-0.25, -0.2) is 13.1 Å². The lowest BCUT2D eigenvalue weighted by Gasteiger charge is -2.22. The third-order valence-corrected chi connectivity index (χ3v) is 4.61. The summed E-state index contributed by atoms with van der Waals surface area (Å²) in [4.78, 5) is 3.94. The highest BCUT2D eigenvalue weighted by Crippen LogP contribution is 2.15. The van der Waals surface area contributed by atoms with Crippen molar-refractivity contribution in [1.29, 1.82) is 0 Å². The van der Waals surface area contributed by atoms with Crippen molar-refractivity contribution in [2.24, 2.45) is 0 Å². The highest BCUT2D eigenvalue weighted by molar-refractivity contribution is 7.89. The summed E-state index contributed by atoms with van der Waals surface area (Å²) in [6.07, 6.45) is 7.09. The zero-order valence-electron chi connectivity index (χ0n) is 11.9. The Hall–Kier alpha value is -1.42. The molecule has 1 aliphatic heterocycles. The molecule has 0 saturated carbocycles. The number of ether oxygens (including phenoxy) is 1. The summed E-state index contributed by atoms with van der Waals surface area (Å²) in [6, 6.07) is 3.62. The van der Waals surface area contributed by atoms with E-state index in [9.17, 15) is 8.42 Å². The Bertz CT molecular complexity index is 584. The molecule has 0 spiro atoms. The number of hydrogen-bond donors (Lipinski definition) is 1. The maximum absolute atomic E-state index is 11.8. The molecule has 21 heavy (non-hydrogen) atoms. The van der Waals surface area contributed by atoms with E-state index in [-0.39, 0.29) is 18.4 Å². The lowest BCUT2D eigenvalue weighted by Crippen LogP contribution is -2.30. The fourth-order valence-electron chi connectivity index (χ4n) is 2.12. The standard InChI is InChI=1S/C15H20N2O3S/c18-21(19,12-8-15-7-1-2-11-20-15)17-10-4-6-14-5-3-9-16-13-14/h3,5,9,13,15,17H,1-2,7-8,10-12H2/t15-/m1/s1. The van der Waals surface area contributed by atoms with E-state index >= 15 is 0 Å². The highest BCUT2D eigenvalue weighted by Gasteiger charge is 2.17. The monoisotopic (exact) mass is 308 g/mol. The molecule has 1 aromatic heterocycles. The van der Waals surface area contributed by atoms with Crippen molar-refractivity contribution in [2.75, 3.05) is 18.9 Å². The smallest absolute Gasteiger partial charge is 0.212 e. The van der Waals surface area contributed by atoms with E-state index in [0.29, 0.717) is 6.42 Å². The van der Waals surface area contributed by atoms with E-state index in [4.69, 9.17) is 4.74 Å². The van der Waals surface area contributed by atoms with Gasteiger partial charge in [-0.05, 0) is 37.8 Å². The van der Waals surface area contributed by atoms with Gasteiger partial charge in [0.2, 0.25) is 10.0 Å². The predicted molar refractivity (Wildman–Crippen MR) is 81.1 cm³/mol. The Labute approximate surface area is 126 Å². The third kappa shape index (κ3) is 6.25.